The molecule has 3 atom stereocenters. The first-order valence-corrected chi connectivity index (χ1v) is 29.0. The largest absolute Gasteiger partial charge is 0.493 e. The molecule has 30 nitrogen and oxygen atoms in total. The molecule has 0 radical (unpaired) electrons. The van der Waals surface area contributed by atoms with Crippen LogP contribution in [0.5, 0.6) is 34.5 Å². The van der Waals surface area contributed by atoms with Gasteiger partial charge in [0.05, 0.1) is 72.5 Å². The monoisotopic (exact) mass is 1290 g/mol. The van der Waals surface area contributed by atoms with Crippen LogP contribution >= 0.6 is 34.8 Å². The first kappa shape index (κ1) is 64.4. The van der Waals surface area contributed by atoms with E-state index in [2.05, 4.69) is 45.9 Å². The molecule has 13 rings (SSSR count). The Kier molecular flexibility index (Phi) is 21.0. The summed E-state index contributed by atoms with van der Waals surface area (Å²) in [6.07, 6.45) is 17.4. The Morgan fingerprint density at radius 1 is 0.567 bits per heavy atom. The zero-order chi connectivity index (χ0) is 64.2. The summed E-state index contributed by atoms with van der Waals surface area (Å²) in [7, 11) is 9.40. The molecule has 3 aliphatic rings. The molecule has 0 unspecified atom stereocenters. The third-order valence-electron chi connectivity index (χ3n) is 14.5. The number of nitrogens with zero attached hydrogens (tertiary/aromatic N) is 15. The highest BCUT2D eigenvalue weighted by atomic mass is 35.5. The molecular weight excluding hydrogens is 1230 g/mol. The van der Waals surface area contributed by atoms with Gasteiger partial charge in [0.1, 0.15) is 47.1 Å². The van der Waals surface area contributed by atoms with Gasteiger partial charge in [0, 0.05) is 55.9 Å². The van der Waals surface area contributed by atoms with E-state index in [4.69, 9.17) is 91.1 Å². The van der Waals surface area contributed by atoms with Crippen molar-refractivity contribution in [1.29, 1.82) is 0 Å². The number of imidazole rings is 2. The number of ether oxygens (including phenoxy) is 6. The molecule has 0 bridgehead atoms. The number of rotatable bonds is 15. The summed E-state index contributed by atoms with van der Waals surface area (Å²) >= 11 is 17.2. The maximum absolute atomic E-state index is 12.0. The summed E-state index contributed by atoms with van der Waals surface area (Å²) in [5.74, 6) is 5.03. The van der Waals surface area contributed by atoms with Gasteiger partial charge in [0.2, 0.25) is 45.7 Å². The van der Waals surface area contributed by atoms with E-state index in [0.717, 1.165) is 73.1 Å². The van der Waals surface area contributed by atoms with Gasteiger partial charge in [-0.15, -0.1) is 15.3 Å². The molecule has 474 valence electrons. The van der Waals surface area contributed by atoms with Gasteiger partial charge in [0.15, 0.2) is 45.6 Å². The summed E-state index contributed by atoms with van der Waals surface area (Å²) in [6, 6.07) is 17.7. The zero-order valence-electron chi connectivity index (χ0n) is 49.7. The molecule has 0 aliphatic carbocycles. The molecule has 0 spiro atoms. The highest BCUT2D eigenvalue weighted by molar-refractivity contribution is 6.34. The first-order chi connectivity index (χ1) is 43.4. The van der Waals surface area contributed by atoms with Crippen LogP contribution in [0, 0.1) is 0 Å². The van der Waals surface area contributed by atoms with Gasteiger partial charge in [-0.3, -0.25) is 14.4 Å². The van der Waals surface area contributed by atoms with Gasteiger partial charge in [-0.2, -0.15) is 9.97 Å². The Hall–Kier alpha value is -10.0. The van der Waals surface area contributed by atoms with E-state index in [1.807, 2.05) is 81.2 Å². The van der Waals surface area contributed by atoms with E-state index in [1.54, 1.807) is 98.2 Å². The van der Waals surface area contributed by atoms with Crippen molar-refractivity contribution in [2.75, 3.05) is 83.1 Å². The van der Waals surface area contributed by atoms with E-state index in [0.29, 0.717) is 81.8 Å². The molecule has 10 N–H and O–H groups in total. The molecule has 90 heavy (non-hydrogen) atoms. The standard InChI is InChI=1S/C23H26N8O4.C12H15N3O3.C11H12ClN5O.C6H3Cl2N3.C5H10N2O/c1-33-17-10-14(11-18(34-2)20(17)35-3)29-12-19(25-13-29)26-23-27-22(16-7-5-9-31(16)28-23)30-8-4-6-15(30)21(24)32;1-16-9-4-8(15-6-11(13)14-7-15)5-10(17-2)12(9)18-3;12-11-14-10(8-4-2-6-17(8)15-11)16-5-1-3-7(16)9(13)18;7-5-4-2-1-3-11(4)10-6(8)9-5;6-5(8)4-2-1-3-7-4/h5,7,9-13,15H,4,6,8H2,1-3H3,(H2,24,32)(H,26,28);4-7H,13H2,1-3H3;2,4,6-7H,1,3,5H2,(H2,13,18);1-3H;4,7H,1-3H2,(H2,6,8)/t15-;;7-;;4-/m1.1.1/s1. The van der Waals surface area contributed by atoms with Crippen molar-refractivity contribution in [2.45, 2.75) is 56.7 Å². The molecule has 3 saturated heterocycles. The Balaban J connectivity index is 0.000000147. The average molecular weight is 1300 g/mol. The Labute approximate surface area is 529 Å². The number of benzene rings is 2. The van der Waals surface area contributed by atoms with Crippen LogP contribution in [-0.2, 0) is 14.4 Å². The predicted molar refractivity (Wildman–Crippen MR) is 337 cm³/mol. The zero-order valence-corrected chi connectivity index (χ0v) is 52.0. The molecule has 10 aromatic rings. The van der Waals surface area contributed by atoms with Crippen LogP contribution in [0.2, 0.25) is 15.7 Å². The minimum Gasteiger partial charge on any atom is -0.493 e. The minimum atomic E-state index is -0.393. The van der Waals surface area contributed by atoms with Crippen molar-refractivity contribution in [1.82, 2.24) is 68.2 Å². The van der Waals surface area contributed by atoms with Crippen molar-refractivity contribution in [2.24, 2.45) is 17.2 Å². The lowest BCUT2D eigenvalue weighted by atomic mass is 10.2. The summed E-state index contributed by atoms with van der Waals surface area (Å²) in [4.78, 5) is 58.8. The van der Waals surface area contributed by atoms with Gasteiger partial charge in [-0.1, -0.05) is 11.6 Å². The quantitative estimate of drug-likeness (QED) is 0.0715. The number of halogens is 3. The summed E-state index contributed by atoms with van der Waals surface area (Å²) in [6.45, 7) is 2.38. The van der Waals surface area contributed by atoms with E-state index < -0.39 is 6.04 Å². The number of carbonyl (C=O) groups excluding carboxylic acids is 3. The lowest BCUT2D eigenvalue weighted by molar-refractivity contribution is -0.120. The van der Waals surface area contributed by atoms with Gasteiger partial charge in [-0.25, -0.2) is 28.5 Å². The van der Waals surface area contributed by atoms with Crippen LogP contribution in [0.4, 0.5) is 29.2 Å². The third kappa shape index (κ3) is 14.7. The van der Waals surface area contributed by atoms with Crippen LogP contribution in [0.25, 0.3) is 27.9 Å². The van der Waals surface area contributed by atoms with E-state index in [-0.39, 0.29) is 40.4 Å². The number of anilines is 5. The van der Waals surface area contributed by atoms with Crippen LogP contribution < -0.4 is 71.8 Å². The number of methoxy groups -OCH3 is 6. The maximum Gasteiger partial charge on any atom is 0.248 e. The summed E-state index contributed by atoms with van der Waals surface area (Å²) in [5, 5.41) is 19.3. The predicted octanol–water partition coefficient (Wildman–Crippen LogP) is 5.72. The fraction of sp³-hybridized carbons (Fsp3) is 0.316. The molecule has 11 heterocycles. The fourth-order valence-electron chi connectivity index (χ4n) is 10.3. The minimum absolute atomic E-state index is 0.0463. The number of fused-ring (bicyclic) bond motifs is 3. The number of hydrogen-bond donors (Lipinski definition) is 6. The van der Waals surface area contributed by atoms with Crippen LogP contribution in [0.15, 0.2) is 104 Å². The van der Waals surface area contributed by atoms with Crippen molar-refractivity contribution in [3.63, 3.8) is 0 Å². The number of hydrogen-bond acceptors (Lipinski definition) is 22. The van der Waals surface area contributed by atoms with Gasteiger partial charge in [-0.05, 0) is 105 Å². The molecule has 3 aliphatic heterocycles. The van der Waals surface area contributed by atoms with Crippen molar-refractivity contribution in [3.8, 4) is 45.9 Å². The number of nitrogens with two attached hydrogens (primary N) is 4. The SMILES string of the molecule is COc1cc(-n2cnc(N)c2)cc(OC)c1OC.COc1cc(-n2cnc(Nc3nc(N4CCC[C@@H]4C(N)=O)c4cccn4n3)c2)cc(OC)c1OC.Clc1nc(Cl)c2cccn2n1.NC(=O)[C@H]1CCCN1.NC(=O)[C@H]1CCCN1c1nc(Cl)nn2cccc12. The second-order valence-electron chi connectivity index (χ2n) is 20.0. The van der Waals surface area contributed by atoms with Crippen molar-refractivity contribution >= 4 is 98.3 Å². The normalized spacial score (nSPS) is 15.8. The average Bonchev–Trinajstić information content (AvgIpc) is 1.80. The van der Waals surface area contributed by atoms with Crippen LogP contribution in [0.3, 0.4) is 0 Å². The number of primary amides is 3. The summed E-state index contributed by atoms with van der Waals surface area (Å²) < 4.78 is 40.7. The second kappa shape index (κ2) is 29.3. The molecule has 3 amide bonds. The Morgan fingerprint density at radius 2 is 1.03 bits per heavy atom. The van der Waals surface area contributed by atoms with Gasteiger partial charge >= 0.3 is 0 Å². The number of aromatic nitrogens is 13. The number of nitrogen functional groups attached to an aromatic ring is 1. The topological polar surface area (TPSA) is 367 Å². The smallest absolute Gasteiger partial charge is 0.248 e. The maximum atomic E-state index is 12.0. The molecule has 2 aromatic carbocycles. The highest BCUT2D eigenvalue weighted by Crippen LogP contribution is 2.41. The van der Waals surface area contributed by atoms with Crippen molar-refractivity contribution < 1.29 is 42.8 Å². The highest BCUT2D eigenvalue weighted by Gasteiger charge is 2.33. The molecule has 33 heteroatoms. The van der Waals surface area contributed by atoms with Crippen LogP contribution in [-0.4, -0.2) is 161 Å². The lowest BCUT2D eigenvalue weighted by Crippen LogP contribution is -2.41. The number of carbonyl (C=O) groups is 3. The second-order valence-corrected chi connectivity index (χ2v) is 21.0. The Bertz CT molecular complexity index is 4080. The molecule has 3 fully saturated rings. The Morgan fingerprint density at radius 3 is 1.48 bits per heavy atom. The van der Waals surface area contributed by atoms with Crippen LogP contribution in [0.1, 0.15) is 38.5 Å². The summed E-state index contributed by atoms with van der Waals surface area (Å²) in [5.41, 5.74) is 25.6. The molecule has 0 saturated carbocycles. The number of amides is 3. The molecule has 8 aromatic heterocycles. The third-order valence-corrected chi connectivity index (χ3v) is 15.1. The van der Waals surface area contributed by atoms with E-state index >= 15 is 0 Å². The van der Waals surface area contributed by atoms with Gasteiger partial charge in [0.25, 0.3) is 0 Å². The molecular formula is C57H66Cl3N21O9. The van der Waals surface area contributed by atoms with Gasteiger partial charge < -0.3 is 80.9 Å². The lowest BCUT2D eigenvalue weighted by Gasteiger charge is -2.24. The van der Waals surface area contributed by atoms with E-state index in [9.17, 15) is 14.4 Å². The first-order valence-electron chi connectivity index (χ1n) is 27.8. The van der Waals surface area contributed by atoms with E-state index in [1.165, 1.54) is 0 Å². The number of nitrogens with one attached hydrogen (secondary N) is 2. The van der Waals surface area contributed by atoms with Crippen molar-refractivity contribution in [3.05, 3.63) is 120 Å². The fourth-order valence-corrected chi connectivity index (χ4v) is 10.9.